The van der Waals surface area contributed by atoms with Crippen LogP contribution in [0.2, 0.25) is 5.02 Å². The van der Waals surface area contributed by atoms with Gasteiger partial charge in [0.2, 0.25) is 0 Å². The minimum Gasteiger partial charge on any atom is -0.496 e. The summed E-state index contributed by atoms with van der Waals surface area (Å²) >= 11 is 6.12. The van der Waals surface area contributed by atoms with Gasteiger partial charge in [0, 0.05) is 28.3 Å². The van der Waals surface area contributed by atoms with E-state index in [1.807, 2.05) is 37.3 Å². The largest absolute Gasteiger partial charge is 0.496 e. The van der Waals surface area contributed by atoms with Crippen LogP contribution in [0.15, 0.2) is 72.9 Å². The molecule has 0 bridgehead atoms. The predicted molar refractivity (Wildman–Crippen MR) is 132 cm³/mol. The molecule has 0 aliphatic rings. The molecule has 7 heteroatoms. The van der Waals surface area contributed by atoms with E-state index in [1.54, 1.807) is 42.6 Å². The molecule has 6 nitrogen and oxygen atoms in total. The highest BCUT2D eigenvalue weighted by Crippen LogP contribution is 2.25. The molecular weight excluding hydrogens is 450 g/mol. The number of carbonyl (C=O) groups is 2. The van der Waals surface area contributed by atoms with Gasteiger partial charge in [-0.25, -0.2) is 0 Å². The third-order valence-electron chi connectivity index (χ3n) is 5.14. The molecule has 0 saturated heterocycles. The number of aromatic nitrogens is 1. The van der Waals surface area contributed by atoms with Crippen molar-refractivity contribution >= 4 is 34.3 Å². The first-order chi connectivity index (χ1) is 16.5. The summed E-state index contributed by atoms with van der Waals surface area (Å²) in [7, 11) is 1.43. The number of carbonyl (C=O) groups excluding carboxylic acids is 2. The Kier molecular flexibility index (Phi) is 6.77. The molecule has 0 spiro atoms. The number of hydrogen-bond donors (Lipinski definition) is 2. The average molecular weight is 470 g/mol. The van der Waals surface area contributed by atoms with Gasteiger partial charge in [0.05, 0.1) is 17.6 Å². The van der Waals surface area contributed by atoms with E-state index in [0.717, 1.165) is 22.0 Å². The standard InChI is InChI=1S/C27H20ClN3O3/c1-17-10-12-21(26(32)30-31-27(33)25-22(28)7-5-9-24(25)34-2)15-19(17)13-11-18-14-20-6-3-4-8-23(20)29-16-18/h3-10,12,14-16H,1-2H3,(H,30,32)(H,31,33). The second kappa shape index (κ2) is 10.1. The van der Waals surface area contributed by atoms with E-state index in [-0.39, 0.29) is 10.6 Å². The number of halogens is 1. The lowest BCUT2D eigenvalue weighted by molar-refractivity contribution is 0.0845. The second-order valence-corrected chi connectivity index (χ2v) is 7.83. The van der Waals surface area contributed by atoms with Crippen LogP contribution in [0.1, 0.15) is 37.4 Å². The number of aryl methyl sites for hydroxylation is 1. The van der Waals surface area contributed by atoms with E-state index in [2.05, 4.69) is 27.7 Å². The summed E-state index contributed by atoms with van der Waals surface area (Å²) < 4.78 is 5.18. The lowest BCUT2D eigenvalue weighted by atomic mass is 10.0. The Balaban J connectivity index is 1.50. The first-order valence-corrected chi connectivity index (χ1v) is 10.7. The minimum absolute atomic E-state index is 0.131. The number of methoxy groups -OCH3 is 1. The molecule has 4 rings (SSSR count). The number of fused-ring (bicyclic) bond motifs is 1. The van der Waals surface area contributed by atoms with E-state index in [1.165, 1.54) is 7.11 Å². The van der Waals surface area contributed by atoms with Crippen LogP contribution in [-0.4, -0.2) is 23.9 Å². The van der Waals surface area contributed by atoms with Gasteiger partial charge < -0.3 is 4.74 Å². The molecule has 0 aliphatic heterocycles. The monoisotopic (exact) mass is 469 g/mol. The number of hydrogen-bond acceptors (Lipinski definition) is 4. The van der Waals surface area contributed by atoms with Gasteiger partial charge in [0.1, 0.15) is 11.3 Å². The molecule has 2 amide bonds. The van der Waals surface area contributed by atoms with Crippen molar-refractivity contribution in [3.63, 3.8) is 0 Å². The number of hydrazine groups is 1. The molecule has 0 aliphatic carbocycles. The van der Waals surface area contributed by atoms with Crippen molar-refractivity contribution in [2.45, 2.75) is 6.92 Å². The molecule has 3 aromatic carbocycles. The zero-order chi connectivity index (χ0) is 24.1. The number of amides is 2. The van der Waals surface area contributed by atoms with Gasteiger partial charge in [-0.3, -0.25) is 25.4 Å². The number of rotatable bonds is 3. The third kappa shape index (κ3) is 5.01. The van der Waals surface area contributed by atoms with Crippen LogP contribution >= 0.6 is 11.6 Å². The Hall–Kier alpha value is -4.34. The quantitative estimate of drug-likeness (QED) is 0.337. The number of pyridine rings is 1. The smallest absolute Gasteiger partial charge is 0.274 e. The maximum atomic E-state index is 12.7. The Morgan fingerprint density at radius 3 is 2.56 bits per heavy atom. The number of nitrogens with one attached hydrogen (secondary N) is 2. The summed E-state index contributed by atoms with van der Waals surface area (Å²) in [6.07, 6.45) is 1.72. The van der Waals surface area contributed by atoms with Crippen molar-refractivity contribution in [3.05, 3.63) is 106 Å². The molecule has 0 atom stereocenters. The van der Waals surface area contributed by atoms with Gasteiger partial charge in [-0.15, -0.1) is 0 Å². The van der Waals surface area contributed by atoms with Crippen molar-refractivity contribution in [1.29, 1.82) is 0 Å². The van der Waals surface area contributed by atoms with Crippen LogP contribution in [0.4, 0.5) is 0 Å². The number of benzene rings is 3. The maximum absolute atomic E-state index is 12.7. The van der Waals surface area contributed by atoms with Gasteiger partial charge in [0.25, 0.3) is 11.8 Å². The lowest BCUT2D eigenvalue weighted by Gasteiger charge is -2.12. The summed E-state index contributed by atoms with van der Waals surface area (Å²) in [6, 6.07) is 19.8. The Labute approximate surface area is 201 Å². The summed E-state index contributed by atoms with van der Waals surface area (Å²) in [4.78, 5) is 29.6. The molecule has 1 aromatic heterocycles. The fraction of sp³-hybridized carbons (Fsp3) is 0.0741. The maximum Gasteiger partial charge on any atom is 0.274 e. The molecule has 0 radical (unpaired) electrons. The summed E-state index contributed by atoms with van der Waals surface area (Å²) in [5.74, 6) is 5.44. The molecular formula is C27H20ClN3O3. The van der Waals surface area contributed by atoms with Gasteiger partial charge in [-0.1, -0.05) is 53.8 Å². The second-order valence-electron chi connectivity index (χ2n) is 7.42. The zero-order valence-electron chi connectivity index (χ0n) is 18.5. The average Bonchev–Trinajstić information content (AvgIpc) is 2.86. The van der Waals surface area contributed by atoms with Crippen molar-refractivity contribution < 1.29 is 14.3 Å². The van der Waals surface area contributed by atoms with Crippen molar-refractivity contribution in [3.8, 4) is 17.6 Å². The van der Waals surface area contributed by atoms with Crippen LogP contribution in [0.25, 0.3) is 10.9 Å². The van der Waals surface area contributed by atoms with Gasteiger partial charge >= 0.3 is 0 Å². The highest BCUT2D eigenvalue weighted by molar-refractivity contribution is 6.34. The first kappa shape index (κ1) is 22.8. The lowest BCUT2D eigenvalue weighted by Crippen LogP contribution is -2.41. The molecule has 34 heavy (non-hydrogen) atoms. The van der Waals surface area contributed by atoms with Gasteiger partial charge in [-0.2, -0.15) is 0 Å². The first-order valence-electron chi connectivity index (χ1n) is 10.4. The van der Waals surface area contributed by atoms with Crippen LogP contribution < -0.4 is 15.6 Å². The minimum atomic E-state index is -0.591. The van der Waals surface area contributed by atoms with E-state index < -0.39 is 11.8 Å². The molecule has 0 fully saturated rings. The SMILES string of the molecule is COc1cccc(Cl)c1C(=O)NNC(=O)c1ccc(C)c(C#Cc2cnc3ccccc3c2)c1. The van der Waals surface area contributed by atoms with Crippen LogP contribution in [0, 0.1) is 18.8 Å². The van der Waals surface area contributed by atoms with E-state index >= 15 is 0 Å². The van der Waals surface area contributed by atoms with E-state index in [9.17, 15) is 9.59 Å². The van der Waals surface area contributed by atoms with Gasteiger partial charge in [-0.05, 0) is 48.9 Å². The van der Waals surface area contributed by atoms with Crippen LogP contribution in [0.3, 0.4) is 0 Å². The Bertz CT molecular complexity index is 1470. The molecule has 4 aromatic rings. The number of ether oxygens (including phenoxy) is 1. The highest BCUT2D eigenvalue weighted by Gasteiger charge is 2.17. The van der Waals surface area contributed by atoms with Crippen molar-refractivity contribution in [1.82, 2.24) is 15.8 Å². The normalized spacial score (nSPS) is 10.2. The topological polar surface area (TPSA) is 80.3 Å². The Morgan fingerprint density at radius 2 is 1.74 bits per heavy atom. The predicted octanol–water partition coefficient (Wildman–Crippen LogP) is 4.68. The molecule has 2 N–H and O–H groups in total. The fourth-order valence-electron chi connectivity index (χ4n) is 3.32. The van der Waals surface area contributed by atoms with E-state index in [4.69, 9.17) is 16.3 Å². The zero-order valence-corrected chi connectivity index (χ0v) is 19.2. The third-order valence-corrected chi connectivity index (χ3v) is 5.46. The number of nitrogens with zero attached hydrogens (tertiary/aromatic N) is 1. The van der Waals surface area contributed by atoms with Gasteiger partial charge in [0.15, 0.2) is 0 Å². The molecule has 0 unspecified atom stereocenters. The summed E-state index contributed by atoms with van der Waals surface area (Å²) in [5, 5.41) is 1.22. The summed E-state index contributed by atoms with van der Waals surface area (Å²) in [5.41, 5.74) is 8.54. The fourth-order valence-corrected chi connectivity index (χ4v) is 3.57. The van der Waals surface area contributed by atoms with Crippen molar-refractivity contribution in [2.75, 3.05) is 7.11 Å². The van der Waals surface area contributed by atoms with Crippen LogP contribution in [0.5, 0.6) is 5.75 Å². The molecule has 0 saturated carbocycles. The molecule has 168 valence electrons. The molecule has 1 heterocycles. The highest BCUT2D eigenvalue weighted by atomic mass is 35.5. The number of para-hydroxylation sites is 1. The van der Waals surface area contributed by atoms with Crippen LogP contribution in [-0.2, 0) is 0 Å². The summed E-state index contributed by atoms with van der Waals surface area (Å²) in [6.45, 7) is 1.91. The van der Waals surface area contributed by atoms with Crippen molar-refractivity contribution in [2.24, 2.45) is 0 Å². The van der Waals surface area contributed by atoms with E-state index in [0.29, 0.717) is 16.9 Å². The Morgan fingerprint density at radius 1 is 0.941 bits per heavy atom.